The van der Waals surface area contributed by atoms with Crippen LogP contribution in [0.2, 0.25) is 0 Å². The molecule has 1 N–H and O–H groups in total. The molecule has 1 fully saturated rings. The van der Waals surface area contributed by atoms with Gasteiger partial charge in [0.1, 0.15) is 11.5 Å². The summed E-state index contributed by atoms with van der Waals surface area (Å²) in [6.45, 7) is 4.23. The Morgan fingerprint density at radius 2 is 2.08 bits per heavy atom. The smallest absolute Gasteiger partial charge is 0.274 e. The molecule has 0 saturated carbocycles. The number of rotatable bonds is 3. The number of aromatic amines is 1. The molecule has 1 amide bonds. The second kappa shape index (κ2) is 6.32. The number of H-pyrrole nitrogens is 1. The number of aromatic nitrogens is 4. The molecule has 24 heavy (non-hydrogen) atoms. The maximum atomic E-state index is 12.5. The lowest BCUT2D eigenvalue weighted by Gasteiger charge is -2.25. The summed E-state index contributed by atoms with van der Waals surface area (Å²) in [7, 11) is 0. The van der Waals surface area contributed by atoms with Gasteiger partial charge in [-0.25, -0.2) is 4.98 Å². The number of carbonyl (C=O) groups excluding carboxylic acids is 1. The van der Waals surface area contributed by atoms with Gasteiger partial charge in [-0.05, 0) is 25.1 Å². The predicted octanol–water partition coefficient (Wildman–Crippen LogP) is 2.31. The molecule has 0 spiro atoms. The van der Waals surface area contributed by atoms with Gasteiger partial charge >= 0.3 is 0 Å². The number of hydrogen-bond acceptors (Lipinski definition) is 4. The topological polar surface area (TPSA) is 66.8 Å². The minimum Gasteiger partial charge on any atom is -0.336 e. The third kappa shape index (κ3) is 2.80. The fraction of sp³-hybridized carbons (Fsp3) is 0.353. The lowest BCUT2D eigenvalue weighted by atomic mass is 10.3. The highest BCUT2D eigenvalue weighted by atomic mass is 32.2. The van der Waals surface area contributed by atoms with Crippen molar-refractivity contribution in [1.29, 1.82) is 0 Å². The van der Waals surface area contributed by atoms with Gasteiger partial charge in [0, 0.05) is 24.6 Å². The maximum absolute atomic E-state index is 12.5. The summed E-state index contributed by atoms with van der Waals surface area (Å²) in [5.74, 6) is 2.98. The van der Waals surface area contributed by atoms with Gasteiger partial charge in [0.15, 0.2) is 0 Å². The summed E-state index contributed by atoms with van der Waals surface area (Å²) in [5.41, 5.74) is 3.48. The fourth-order valence-electron chi connectivity index (χ4n) is 3.05. The average molecular weight is 341 g/mol. The van der Waals surface area contributed by atoms with Crippen LogP contribution in [-0.2, 0) is 6.54 Å². The Bertz CT molecular complexity index is 878. The number of imidazole rings is 1. The second-order valence-corrected chi connectivity index (χ2v) is 7.14. The first-order chi connectivity index (χ1) is 11.7. The first kappa shape index (κ1) is 15.3. The zero-order chi connectivity index (χ0) is 16.5. The van der Waals surface area contributed by atoms with Crippen molar-refractivity contribution >= 4 is 28.7 Å². The van der Waals surface area contributed by atoms with Gasteiger partial charge in [0.2, 0.25) is 0 Å². The van der Waals surface area contributed by atoms with Crippen molar-refractivity contribution in [2.45, 2.75) is 13.5 Å². The van der Waals surface area contributed by atoms with E-state index in [2.05, 4.69) is 25.8 Å². The van der Waals surface area contributed by atoms with Crippen molar-refractivity contribution in [1.82, 2.24) is 24.6 Å². The molecule has 0 radical (unpaired) electrons. The van der Waals surface area contributed by atoms with Crippen molar-refractivity contribution in [3.8, 4) is 0 Å². The summed E-state index contributed by atoms with van der Waals surface area (Å²) in [4.78, 5) is 19.0. The highest BCUT2D eigenvalue weighted by Crippen LogP contribution is 2.18. The molecule has 4 rings (SSSR count). The first-order valence-corrected chi connectivity index (χ1v) is 9.21. The molecular formula is C17H19N5OS. The number of fused-ring (bicyclic) bond motifs is 1. The highest BCUT2D eigenvalue weighted by molar-refractivity contribution is 7.99. The van der Waals surface area contributed by atoms with E-state index < -0.39 is 0 Å². The first-order valence-electron chi connectivity index (χ1n) is 8.05. The molecule has 1 aromatic carbocycles. The van der Waals surface area contributed by atoms with Gasteiger partial charge in [-0.1, -0.05) is 12.1 Å². The zero-order valence-corrected chi connectivity index (χ0v) is 14.3. The van der Waals surface area contributed by atoms with E-state index in [0.29, 0.717) is 12.2 Å². The molecule has 1 aliphatic heterocycles. The molecule has 0 bridgehead atoms. The largest absolute Gasteiger partial charge is 0.336 e. The Hall–Kier alpha value is -2.28. The number of nitrogens with zero attached hydrogens (tertiary/aromatic N) is 4. The van der Waals surface area contributed by atoms with Crippen LogP contribution >= 0.6 is 11.8 Å². The SMILES string of the molecule is Cc1nc2ccccc2n1Cc1cc(C(=O)N2CCSCC2)n[nH]1. The van der Waals surface area contributed by atoms with Crippen LogP contribution < -0.4 is 0 Å². The van der Waals surface area contributed by atoms with Gasteiger partial charge in [-0.15, -0.1) is 0 Å². The Labute approximate surface area is 144 Å². The van der Waals surface area contributed by atoms with Crippen LogP contribution in [0.1, 0.15) is 22.0 Å². The van der Waals surface area contributed by atoms with Crippen LogP contribution in [0.25, 0.3) is 11.0 Å². The van der Waals surface area contributed by atoms with Crippen molar-refractivity contribution in [2.24, 2.45) is 0 Å². The number of carbonyl (C=O) groups is 1. The summed E-state index contributed by atoms with van der Waals surface area (Å²) in [5, 5.41) is 7.23. The number of hydrogen-bond donors (Lipinski definition) is 1. The summed E-state index contributed by atoms with van der Waals surface area (Å²) in [6, 6.07) is 9.93. The Kier molecular flexibility index (Phi) is 4.02. The molecule has 1 saturated heterocycles. The van der Waals surface area contributed by atoms with Crippen LogP contribution in [0.5, 0.6) is 0 Å². The van der Waals surface area contributed by atoms with Gasteiger partial charge in [0.25, 0.3) is 5.91 Å². The number of thioether (sulfide) groups is 1. The van der Waals surface area contributed by atoms with E-state index in [1.807, 2.05) is 47.9 Å². The van der Waals surface area contributed by atoms with Gasteiger partial charge < -0.3 is 9.47 Å². The molecule has 1 aliphatic rings. The van der Waals surface area contributed by atoms with Gasteiger partial charge in [-0.2, -0.15) is 16.9 Å². The van der Waals surface area contributed by atoms with Gasteiger partial charge in [0.05, 0.1) is 23.3 Å². The van der Waals surface area contributed by atoms with Crippen LogP contribution in [0.3, 0.4) is 0 Å². The van der Waals surface area contributed by atoms with Crippen LogP contribution in [-0.4, -0.2) is 55.2 Å². The van der Waals surface area contributed by atoms with E-state index in [4.69, 9.17) is 0 Å². The van der Waals surface area contributed by atoms with Crippen molar-refractivity contribution in [2.75, 3.05) is 24.6 Å². The molecule has 6 nitrogen and oxygen atoms in total. The quantitative estimate of drug-likeness (QED) is 0.794. The zero-order valence-electron chi connectivity index (χ0n) is 13.5. The molecule has 7 heteroatoms. The average Bonchev–Trinajstić information content (AvgIpc) is 3.21. The predicted molar refractivity (Wildman–Crippen MR) is 95.4 cm³/mol. The summed E-state index contributed by atoms with van der Waals surface area (Å²) < 4.78 is 2.13. The lowest BCUT2D eigenvalue weighted by Crippen LogP contribution is -2.38. The number of nitrogens with one attached hydrogen (secondary N) is 1. The summed E-state index contributed by atoms with van der Waals surface area (Å²) >= 11 is 1.89. The van der Waals surface area contributed by atoms with Crippen molar-refractivity contribution in [3.63, 3.8) is 0 Å². The third-order valence-corrected chi connectivity index (χ3v) is 5.26. The Morgan fingerprint density at radius 1 is 1.29 bits per heavy atom. The monoisotopic (exact) mass is 341 g/mol. The van der Waals surface area contributed by atoms with E-state index in [9.17, 15) is 4.79 Å². The molecule has 0 unspecified atom stereocenters. The number of amides is 1. The minimum atomic E-state index is 0.0185. The molecule has 124 valence electrons. The minimum absolute atomic E-state index is 0.0185. The van der Waals surface area contributed by atoms with Crippen molar-refractivity contribution < 1.29 is 4.79 Å². The second-order valence-electron chi connectivity index (χ2n) is 5.92. The van der Waals surface area contributed by atoms with Crippen LogP contribution in [0.4, 0.5) is 0 Å². The lowest BCUT2D eigenvalue weighted by molar-refractivity contribution is 0.0766. The molecule has 3 aromatic rings. The molecule has 2 aromatic heterocycles. The number of para-hydroxylation sites is 2. The summed E-state index contributed by atoms with van der Waals surface area (Å²) in [6.07, 6.45) is 0. The maximum Gasteiger partial charge on any atom is 0.274 e. The fourth-order valence-corrected chi connectivity index (χ4v) is 3.95. The molecule has 0 atom stereocenters. The Morgan fingerprint density at radius 3 is 2.92 bits per heavy atom. The highest BCUT2D eigenvalue weighted by Gasteiger charge is 2.21. The number of benzene rings is 1. The molecule has 0 aliphatic carbocycles. The number of aryl methyl sites for hydroxylation is 1. The van der Waals surface area contributed by atoms with Gasteiger partial charge in [-0.3, -0.25) is 9.89 Å². The van der Waals surface area contributed by atoms with E-state index in [1.165, 1.54) is 0 Å². The standard InChI is InChI=1S/C17H19N5OS/c1-12-18-14-4-2-3-5-16(14)22(12)11-13-10-15(20-19-13)17(23)21-6-8-24-9-7-21/h2-5,10H,6-9,11H2,1H3,(H,19,20). The van der Waals surface area contributed by atoms with Crippen LogP contribution in [0.15, 0.2) is 30.3 Å². The normalized spacial score (nSPS) is 15.1. The molecular weight excluding hydrogens is 322 g/mol. The van der Waals surface area contributed by atoms with Crippen LogP contribution in [0, 0.1) is 6.92 Å². The Balaban J connectivity index is 1.56. The van der Waals surface area contributed by atoms with E-state index in [1.54, 1.807) is 0 Å². The van der Waals surface area contributed by atoms with E-state index in [0.717, 1.165) is 47.1 Å². The molecule has 3 heterocycles. The van der Waals surface area contributed by atoms with Crippen molar-refractivity contribution in [3.05, 3.63) is 47.5 Å². The van der Waals surface area contributed by atoms with E-state index in [-0.39, 0.29) is 5.91 Å². The van der Waals surface area contributed by atoms with E-state index >= 15 is 0 Å². The third-order valence-electron chi connectivity index (χ3n) is 4.32.